The first-order valence-electron chi connectivity index (χ1n) is 8.57. The highest BCUT2D eigenvalue weighted by molar-refractivity contribution is 9.12. The second kappa shape index (κ2) is 11.0. The van der Waals surface area contributed by atoms with E-state index in [4.69, 9.17) is 16.3 Å². The lowest BCUT2D eigenvalue weighted by Crippen LogP contribution is -2.40. The highest BCUT2D eigenvalue weighted by Crippen LogP contribution is 2.20. The van der Waals surface area contributed by atoms with E-state index in [0.717, 1.165) is 0 Å². The van der Waals surface area contributed by atoms with Crippen LogP contribution in [0, 0.1) is 5.21 Å². The molecule has 158 valence electrons. The van der Waals surface area contributed by atoms with Crippen LogP contribution in [0.5, 0.6) is 0 Å². The van der Waals surface area contributed by atoms with Gasteiger partial charge >= 0.3 is 6.09 Å². The molecule has 0 aliphatic heterocycles. The molecule has 0 unspecified atom stereocenters. The van der Waals surface area contributed by atoms with Crippen molar-refractivity contribution in [1.29, 1.82) is 0 Å². The third-order valence-corrected chi connectivity index (χ3v) is 3.71. The van der Waals surface area contributed by atoms with Gasteiger partial charge in [0.05, 0.1) is 12.8 Å². The summed E-state index contributed by atoms with van der Waals surface area (Å²) < 4.78 is 6.74. The number of halogens is 2. The molecule has 10 heteroatoms. The van der Waals surface area contributed by atoms with Crippen LogP contribution >= 0.6 is 27.5 Å². The maximum atomic E-state index is 13.0. The quantitative estimate of drug-likeness (QED) is 0.252. The summed E-state index contributed by atoms with van der Waals surface area (Å²) in [7, 11) is 3.16. The molecule has 0 N–H and O–H groups in total. The van der Waals surface area contributed by atoms with Crippen LogP contribution in [0.3, 0.4) is 0 Å². The average Bonchev–Trinajstić information content (AvgIpc) is 2.60. The van der Waals surface area contributed by atoms with Crippen LogP contribution < -0.4 is 4.73 Å². The minimum absolute atomic E-state index is 0.0484. The topological polar surface area (TPSA) is 84.4 Å². The van der Waals surface area contributed by atoms with Gasteiger partial charge in [0.15, 0.2) is 12.4 Å². The molecule has 0 atom stereocenters. The summed E-state index contributed by atoms with van der Waals surface area (Å²) >= 11 is 9.31. The molecule has 0 aromatic carbocycles. The van der Waals surface area contributed by atoms with E-state index in [0.29, 0.717) is 20.6 Å². The van der Waals surface area contributed by atoms with Crippen molar-refractivity contribution in [3.05, 3.63) is 58.3 Å². The van der Waals surface area contributed by atoms with E-state index in [2.05, 4.69) is 32.6 Å². The zero-order chi connectivity index (χ0) is 22.2. The summed E-state index contributed by atoms with van der Waals surface area (Å²) in [5.41, 5.74) is -0.143. The molecule has 1 rings (SSSR count). The first-order valence-corrected chi connectivity index (χ1v) is 9.74. The third kappa shape index (κ3) is 9.10. The summed E-state index contributed by atoms with van der Waals surface area (Å²) in [5.74, 6) is 0.293. The van der Waals surface area contributed by atoms with Gasteiger partial charge in [0.25, 0.3) is 0 Å². The normalized spacial score (nSPS) is 12.8. The molecule has 0 aliphatic rings. The van der Waals surface area contributed by atoms with E-state index in [-0.39, 0.29) is 11.7 Å². The standard InChI is InChI=1S/C19H25BrClN5O3/c1-14(20)11-23-24(6)17(10-16(21)22-5)26(18(27)29-19(2,3)4)13-15-8-7-9-25(28)12-15/h7-12H,1,13H2,2-6H3/b17-10+,22-16+,23-11-. The van der Waals surface area contributed by atoms with Crippen molar-refractivity contribution in [2.45, 2.75) is 32.9 Å². The summed E-state index contributed by atoms with van der Waals surface area (Å²) in [6, 6.07) is 3.32. The average molecular weight is 487 g/mol. The van der Waals surface area contributed by atoms with Gasteiger partial charge in [0.2, 0.25) is 0 Å². The minimum Gasteiger partial charge on any atom is -0.619 e. The van der Waals surface area contributed by atoms with Crippen molar-refractivity contribution in [2.24, 2.45) is 10.1 Å². The second-order valence-corrected chi connectivity index (χ2v) is 8.31. The van der Waals surface area contributed by atoms with E-state index in [1.165, 1.54) is 41.6 Å². The highest BCUT2D eigenvalue weighted by atomic mass is 79.9. The number of aromatic nitrogens is 1. The highest BCUT2D eigenvalue weighted by Gasteiger charge is 2.28. The zero-order valence-corrected chi connectivity index (χ0v) is 19.4. The molecule has 0 saturated carbocycles. The van der Waals surface area contributed by atoms with Crippen LogP contribution in [-0.2, 0) is 11.3 Å². The van der Waals surface area contributed by atoms with Crippen LogP contribution in [0.1, 0.15) is 26.3 Å². The Bertz CT molecular complexity index is 833. The number of hydrogen-bond acceptors (Lipinski definition) is 6. The van der Waals surface area contributed by atoms with Crippen molar-refractivity contribution in [3.63, 3.8) is 0 Å². The van der Waals surface area contributed by atoms with Crippen molar-refractivity contribution in [2.75, 3.05) is 14.1 Å². The SMILES string of the molecule is C=C(Br)/C=N\N(C)/C(=C\C(Cl)=N/C)N(Cc1ccc[n+]([O-])c1)C(=O)OC(C)(C)C. The molecule has 1 heterocycles. The molecule has 0 saturated heterocycles. The zero-order valence-electron chi connectivity index (χ0n) is 17.1. The summed E-state index contributed by atoms with van der Waals surface area (Å²) in [5, 5.41) is 17.5. The van der Waals surface area contributed by atoms with Crippen molar-refractivity contribution < 1.29 is 14.3 Å². The molecular formula is C19H25BrClN5O3. The second-order valence-electron chi connectivity index (χ2n) is 6.90. The lowest BCUT2D eigenvalue weighted by molar-refractivity contribution is -0.605. The predicted octanol–water partition coefficient (Wildman–Crippen LogP) is 3.99. The fourth-order valence-electron chi connectivity index (χ4n) is 2.06. The van der Waals surface area contributed by atoms with Gasteiger partial charge in [0, 0.05) is 36.3 Å². The lowest BCUT2D eigenvalue weighted by Gasteiger charge is -2.31. The number of carbonyl (C=O) groups is 1. The maximum absolute atomic E-state index is 13.0. The van der Waals surface area contributed by atoms with Gasteiger partial charge in [-0.15, -0.1) is 0 Å². The molecule has 1 aromatic heterocycles. The van der Waals surface area contributed by atoms with E-state index < -0.39 is 11.7 Å². The molecule has 0 fully saturated rings. The summed E-state index contributed by atoms with van der Waals surface area (Å²) in [4.78, 5) is 18.2. The molecule has 1 aromatic rings. The Labute approximate surface area is 184 Å². The Kier molecular flexibility index (Phi) is 9.32. The van der Waals surface area contributed by atoms with Crippen LogP contribution in [0.15, 0.2) is 57.6 Å². The fourth-order valence-corrected chi connectivity index (χ4v) is 2.25. The summed E-state index contributed by atoms with van der Waals surface area (Å²) in [6.45, 7) is 9.03. The van der Waals surface area contributed by atoms with Gasteiger partial charge in [0.1, 0.15) is 16.6 Å². The smallest absolute Gasteiger partial charge is 0.416 e. The van der Waals surface area contributed by atoms with Gasteiger partial charge in [-0.3, -0.25) is 14.9 Å². The largest absolute Gasteiger partial charge is 0.619 e. The number of hydrazone groups is 1. The van der Waals surface area contributed by atoms with E-state index in [9.17, 15) is 10.0 Å². The van der Waals surface area contributed by atoms with Gasteiger partial charge < -0.3 is 9.94 Å². The predicted molar refractivity (Wildman–Crippen MR) is 119 cm³/mol. The number of nitrogens with zero attached hydrogens (tertiary/aromatic N) is 5. The molecule has 1 amide bonds. The van der Waals surface area contributed by atoms with E-state index in [1.54, 1.807) is 40.0 Å². The number of ether oxygens (including phenoxy) is 1. The molecule has 0 bridgehead atoms. The van der Waals surface area contributed by atoms with Crippen LogP contribution in [-0.4, -0.2) is 47.1 Å². The van der Waals surface area contributed by atoms with Gasteiger partial charge in [-0.05, 0) is 42.8 Å². The first kappa shape index (κ1) is 24.6. The Morgan fingerprint density at radius 2 is 2.14 bits per heavy atom. The Morgan fingerprint density at radius 3 is 2.66 bits per heavy atom. The van der Waals surface area contributed by atoms with Gasteiger partial charge in [-0.2, -0.15) is 9.83 Å². The van der Waals surface area contributed by atoms with E-state index >= 15 is 0 Å². The number of amides is 1. The number of carbonyl (C=O) groups excluding carboxylic acids is 1. The lowest BCUT2D eigenvalue weighted by atomic mass is 10.2. The third-order valence-electron chi connectivity index (χ3n) is 3.23. The summed E-state index contributed by atoms with van der Waals surface area (Å²) in [6.07, 6.45) is 5.04. The van der Waals surface area contributed by atoms with Gasteiger partial charge in [-0.25, -0.2) is 4.79 Å². The molecular weight excluding hydrogens is 462 g/mol. The Morgan fingerprint density at radius 1 is 1.48 bits per heavy atom. The Hall–Kier alpha value is -2.39. The fraction of sp³-hybridized carbons (Fsp3) is 0.368. The molecule has 8 nitrogen and oxygen atoms in total. The van der Waals surface area contributed by atoms with Crippen molar-refractivity contribution in [1.82, 2.24) is 9.91 Å². The molecule has 0 aliphatic carbocycles. The number of rotatable bonds is 7. The van der Waals surface area contributed by atoms with Gasteiger partial charge in [-0.1, -0.05) is 18.2 Å². The monoisotopic (exact) mass is 485 g/mol. The van der Waals surface area contributed by atoms with Crippen LogP contribution in [0.2, 0.25) is 0 Å². The van der Waals surface area contributed by atoms with Crippen LogP contribution in [0.25, 0.3) is 0 Å². The minimum atomic E-state index is -0.732. The van der Waals surface area contributed by atoms with Crippen LogP contribution in [0.4, 0.5) is 4.79 Å². The van der Waals surface area contributed by atoms with Crippen molar-refractivity contribution in [3.8, 4) is 0 Å². The maximum Gasteiger partial charge on any atom is 0.416 e. The van der Waals surface area contributed by atoms with E-state index in [1.807, 2.05) is 0 Å². The number of hydrogen-bond donors (Lipinski definition) is 0. The van der Waals surface area contributed by atoms with Crippen molar-refractivity contribution >= 4 is 45.0 Å². The first-order chi connectivity index (χ1) is 13.4. The number of pyridine rings is 1. The molecule has 29 heavy (non-hydrogen) atoms. The molecule has 0 spiro atoms. The number of aliphatic imine (C=N–C) groups is 1. The Balaban J connectivity index is 3.46. The number of allylic oxidation sites excluding steroid dienone is 2. The molecule has 0 radical (unpaired) electrons.